The van der Waals surface area contributed by atoms with Crippen LogP contribution in [0, 0.1) is 0 Å². The Bertz CT molecular complexity index is 683. The normalized spacial score (nSPS) is 13.3. The van der Waals surface area contributed by atoms with E-state index >= 15 is 0 Å². The van der Waals surface area contributed by atoms with Gasteiger partial charge in [0.25, 0.3) is 5.91 Å². The van der Waals surface area contributed by atoms with Crippen LogP contribution in [0.25, 0.3) is 0 Å². The van der Waals surface area contributed by atoms with Crippen LogP contribution in [0.15, 0.2) is 41.8 Å². The molecule has 2 aromatic rings. The molecule has 0 fully saturated rings. The summed E-state index contributed by atoms with van der Waals surface area (Å²) in [7, 11) is 0. The van der Waals surface area contributed by atoms with Crippen molar-refractivity contribution < 1.29 is 19.1 Å². The summed E-state index contributed by atoms with van der Waals surface area (Å²) >= 11 is 1.72. The van der Waals surface area contributed by atoms with Crippen molar-refractivity contribution in [3.05, 3.63) is 52.2 Å². The minimum absolute atomic E-state index is 0.171. The lowest BCUT2D eigenvalue weighted by Gasteiger charge is -2.26. The van der Waals surface area contributed by atoms with Crippen molar-refractivity contribution >= 4 is 23.2 Å². The standard InChI is InChI=1S/C17H17NO4S/c19-16(18-8-6-15-13(10-18)7-9-23-15)11-22-17(20)12-21-14-4-2-1-3-5-14/h1-5,7,9H,6,8,10-12H2. The molecule has 1 aliphatic heterocycles. The summed E-state index contributed by atoms with van der Waals surface area (Å²) in [6, 6.07) is 11.0. The molecule has 3 rings (SSSR count). The highest BCUT2D eigenvalue weighted by Gasteiger charge is 2.22. The molecule has 0 aliphatic carbocycles. The van der Waals surface area contributed by atoms with E-state index in [2.05, 4.69) is 0 Å². The number of rotatable bonds is 5. The third-order valence-electron chi connectivity index (χ3n) is 3.62. The number of amides is 1. The molecule has 1 aromatic heterocycles. The van der Waals surface area contributed by atoms with Gasteiger partial charge in [0.05, 0.1) is 0 Å². The highest BCUT2D eigenvalue weighted by Crippen LogP contribution is 2.23. The van der Waals surface area contributed by atoms with Gasteiger partial charge in [0.2, 0.25) is 0 Å². The van der Waals surface area contributed by atoms with Gasteiger partial charge in [-0.2, -0.15) is 0 Å². The van der Waals surface area contributed by atoms with Crippen LogP contribution in [-0.4, -0.2) is 36.5 Å². The second kappa shape index (κ2) is 7.28. The van der Waals surface area contributed by atoms with E-state index in [1.54, 1.807) is 28.4 Å². The van der Waals surface area contributed by atoms with E-state index in [0.29, 0.717) is 18.8 Å². The summed E-state index contributed by atoms with van der Waals surface area (Å²) in [5.74, 6) is -0.123. The maximum absolute atomic E-state index is 12.1. The molecule has 1 aliphatic rings. The van der Waals surface area contributed by atoms with Crippen molar-refractivity contribution in [2.24, 2.45) is 0 Å². The van der Waals surface area contributed by atoms with Gasteiger partial charge in [-0.3, -0.25) is 4.79 Å². The van der Waals surface area contributed by atoms with E-state index in [1.165, 1.54) is 10.4 Å². The predicted molar refractivity (Wildman–Crippen MR) is 86.3 cm³/mol. The Balaban J connectivity index is 1.41. The number of fused-ring (bicyclic) bond motifs is 1. The highest BCUT2D eigenvalue weighted by atomic mass is 32.1. The van der Waals surface area contributed by atoms with Gasteiger partial charge in [0, 0.05) is 18.0 Å². The maximum Gasteiger partial charge on any atom is 0.344 e. The van der Waals surface area contributed by atoms with Crippen LogP contribution in [0.4, 0.5) is 0 Å². The highest BCUT2D eigenvalue weighted by molar-refractivity contribution is 7.10. The average molecular weight is 331 g/mol. The number of thiophene rings is 1. The van der Waals surface area contributed by atoms with E-state index in [4.69, 9.17) is 9.47 Å². The van der Waals surface area contributed by atoms with Crippen LogP contribution in [0.2, 0.25) is 0 Å². The van der Waals surface area contributed by atoms with Gasteiger partial charge in [-0.1, -0.05) is 18.2 Å². The second-order valence-electron chi connectivity index (χ2n) is 5.20. The molecule has 23 heavy (non-hydrogen) atoms. The quantitative estimate of drug-likeness (QED) is 0.789. The second-order valence-corrected chi connectivity index (χ2v) is 6.20. The number of hydrogen-bond donors (Lipinski definition) is 0. The van der Waals surface area contributed by atoms with Crippen LogP contribution in [0.1, 0.15) is 10.4 Å². The number of para-hydroxylation sites is 1. The third kappa shape index (κ3) is 4.10. The Kier molecular flexibility index (Phi) is 4.92. The maximum atomic E-state index is 12.1. The number of nitrogens with zero attached hydrogens (tertiary/aromatic N) is 1. The minimum Gasteiger partial charge on any atom is -0.482 e. The van der Waals surface area contributed by atoms with E-state index in [9.17, 15) is 9.59 Å². The first-order chi connectivity index (χ1) is 11.2. The molecule has 120 valence electrons. The molecule has 0 N–H and O–H groups in total. The summed E-state index contributed by atoms with van der Waals surface area (Å²) in [6.07, 6.45) is 0.865. The molecule has 1 aromatic carbocycles. The number of carbonyl (C=O) groups is 2. The van der Waals surface area contributed by atoms with Crippen LogP contribution in [0.5, 0.6) is 5.75 Å². The molecule has 0 unspecified atom stereocenters. The summed E-state index contributed by atoms with van der Waals surface area (Å²) in [5.41, 5.74) is 1.19. The number of benzene rings is 1. The average Bonchev–Trinajstić information content (AvgIpc) is 3.06. The van der Waals surface area contributed by atoms with Crippen molar-refractivity contribution in [1.29, 1.82) is 0 Å². The predicted octanol–water partition coefficient (Wildman–Crippen LogP) is 2.25. The van der Waals surface area contributed by atoms with Gasteiger partial charge in [0.1, 0.15) is 5.75 Å². The molecule has 2 heterocycles. The fourth-order valence-corrected chi connectivity index (χ4v) is 3.29. The van der Waals surface area contributed by atoms with Gasteiger partial charge < -0.3 is 14.4 Å². The number of hydrogen-bond acceptors (Lipinski definition) is 5. The van der Waals surface area contributed by atoms with Gasteiger partial charge in [0.15, 0.2) is 13.2 Å². The van der Waals surface area contributed by atoms with E-state index in [0.717, 1.165) is 6.42 Å². The monoisotopic (exact) mass is 331 g/mol. The summed E-state index contributed by atoms with van der Waals surface area (Å²) in [4.78, 5) is 26.8. The molecule has 0 spiro atoms. The van der Waals surface area contributed by atoms with Crippen LogP contribution >= 0.6 is 11.3 Å². The smallest absolute Gasteiger partial charge is 0.344 e. The minimum atomic E-state index is -0.546. The molecular formula is C17H17NO4S. The van der Waals surface area contributed by atoms with E-state index in [1.807, 2.05) is 29.6 Å². The summed E-state index contributed by atoms with van der Waals surface area (Å²) in [6.45, 7) is 0.822. The van der Waals surface area contributed by atoms with Gasteiger partial charge in [-0.05, 0) is 35.6 Å². The SMILES string of the molecule is O=C(COc1ccccc1)OCC(=O)N1CCc2sccc2C1. The molecule has 1 amide bonds. The molecule has 0 atom stereocenters. The first-order valence-electron chi connectivity index (χ1n) is 7.39. The van der Waals surface area contributed by atoms with Crippen LogP contribution in [-0.2, 0) is 27.3 Å². The topological polar surface area (TPSA) is 55.8 Å². The fraction of sp³-hybridized carbons (Fsp3) is 0.294. The first kappa shape index (κ1) is 15.6. The lowest BCUT2D eigenvalue weighted by molar-refractivity contribution is -0.154. The van der Waals surface area contributed by atoms with Gasteiger partial charge in [-0.15, -0.1) is 11.3 Å². The zero-order chi connectivity index (χ0) is 16.1. The molecule has 0 saturated carbocycles. The summed E-state index contributed by atoms with van der Waals surface area (Å²) in [5, 5.41) is 2.04. The Morgan fingerprint density at radius 1 is 1.13 bits per heavy atom. The Morgan fingerprint density at radius 3 is 2.78 bits per heavy atom. The van der Waals surface area contributed by atoms with Crippen LogP contribution < -0.4 is 4.74 Å². The van der Waals surface area contributed by atoms with E-state index in [-0.39, 0.29) is 19.1 Å². The Hall–Kier alpha value is -2.34. The van der Waals surface area contributed by atoms with Crippen LogP contribution in [0.3, 0.4) is 0 Å². The fourth-order valence-electron chi connectivity index (χ4n) is 2.40. The molecule has 6 heteroatoms. The van der Waals surface area contributed by atoms with Crippen molar-refractivity contribution in [3.63, 3.8) is 0 Å². The molecule has 0 saturated heterocycles. The summed E-state index contributed by atoms with van der Waals surface area (Å²) < 4.78 is 10.3. The Morgan fingerprint density at radius 2 is 1.96 bits per heavy atom. The lowest BCUT2D eigenvalue weighted by atomic mass is 10.1. The largest absolute Gasteiger partial charge is 0.482 e. The number of ether oxygens (including phenoxy) is 2. The van der Waals surface area contributed by atoms with Crippen molar-refractivity contribution in [2.75, 3.05) is 19.8 Å². The first-order valence-corrected chi connectivity index (χ1v) is 8.27. The number of esters is 1. The van der Waals surface area contributed by atoms with Crippen molar-refractivity contribution in [2.45, 2.75) is 13.0 Å². The van der Waals surface area contributed by atoms with Gasteiger partial charge >= 0.3 is 5.97 Å². The van der Waals surface area contributed by atoms with E-state index < -0.39 is 5.97 Å². The molecule has 5 nitrogen and oxygen atoms in total. The van der Waals surface area contributed by atoms with Crippen molar-refractivity contribution in [3.8, 4) is 5.75 Å². The Labute approximate surface area is 138 Å². The number of carbonyl (C=O) groups excluding carboxylic acids is 2. The van der Waals surface area contributed by atoms with Crippen molar-refractivity contribution in [1.82, 2.24) is 4.90 Å². The molecule has 0 radical (unpaired) electrons. The zero-order valence-corrected chi connectivity index (χ0v) is 13.4. The lowest BCUT2D eigenvalue weighted by Crippen LogP contribution is -2.38. The third-order valence-corrected chi connectivity index (χ3v) is 4.64. The zero-order valence-electron chi connectivity index (χ0n) is 12.6. The molecular weight excluding hydrogens is 314 g/mol. The molecule has 0 bridgehead atoms. The van der Waals surface area contributed by atoms with Gasteiger partial charge in [-0.25, -0.2) is 4.79 Å².